The van der Waals surface area contributed by atoms with E-state index in [-0.39, 0.29) is 36.9 Å². The lowest BCUT2D eigenvalue weighted by molar-refractivity contribution is -0.384. The molecule has 0 radical (unpaired) electrons. The summed E-state index contributed by atoms with van der Waals surface area (Å²) in [6.45, 7) is 3.26. The molecule has 1 aliphatic rings. The third kappa shape index (κ3) is 4.76. The second kappa shape index (κ2) is 10.8. The van der Waals surface area contributed by atoms with E-state index in [0.29, 0.717) is 14.0 Å². The molecule has 4 rings (SSSR count). The first-order valence-corrected chi connectivity index (χ1v) is 14.0. The van der Waals surface area contributed by atoms with Gasteiger partial charge in [-0.05, 0) is 89.7 Å². The first kappa shape index (κ1) is 28.3. The lowest BCUT2D eigenvalue weighted by atomic mass is 10.0. The van der Waals surface area contributed by atoms with Crippen molar-refractivity contribution in [1.29, 1.82) is 0 Å². The maximum Gasteiger partial charge on any atom is 0.282 e. The minimum Gasteiger partial charge on any atom is -0.292 e. The van der Waals surface area contributed by atoms with Crippen molar-refractivity contribution in [2.75, 3.05) is 0 Å². The minimum atomic E-state index is -1.30. The van der Waals surface area contributed by atoms with Gasteiger partial charge in [0.1, 0.15) is 6.04 Å². The van der Waals surface area contributed by atoms with Crippen molar-refractivity contribution in [3.63, 3.8) is 0 Å². The number of hydrogen-bond acceptors (Lipinski definition) is 6. The molecule has 0 fully saturated rings. The van der Waals surface area contributed by atoms with Gasteiger partial charge in [-0.2, -0.15) is 5.01 Å². The van der Waals surface area contributed by atoms with Crippen molar-refractivity contribution < 1.29 is 24.1 Å². The topological polar surface area (TPSA) is 118 Å². The zero-order chi connectivity index (χ0) is 28.0. The molecule has 0 bridgehead atoms. The normalized spacial score (nSPS) is 13.4. The number of rotatable bonds is 6. The van der Waals surface area contributed by atoms with Crippen LogP contribution in [0.5, 0.6) is 0 Å². The van der Waals surface area contributed by atoms with Gasteiger partial charge in [0, 0.05) is 41.2 Å². The number of imide groups is 1. The fourth-order valence-corrected chi connectivity index (χ4v) is 6.36. The fourth-order valence-electron chi connectivity index (χ4n) is 3.90. The summed E-state index contributed by atoms with van der Waals surface area (Å²) >= 11 is 13.4. The van der Waals surface area contributed by atoms with Gasteiger partial charge in [0.25, 0.3) is 23.4 Å². The third-order valence-electron chi connectivity index (χ3n) is 5.91. The Bertz CT molecular complexity index is 1490. The van der Waals surface area contributed by atoms with Crippen LogP contribution in [0.25, 0.3) is 0 Å². The van der Waals surface area contributed by atoms with E-state index >= 15 is 0 Å². The van der Waals surface area contributed by atoms with E-state index < -0.39 is 34.5 Å². The molecular formula is C25H15Br4N3O6. The Balaban J connectivity index is 1.86. The van der Waals surface area contributed by atoms with Crippen LogP contribution < -0.4 is 0 Å². The summed E-state index contributed by atoms with van der Waals surface area (Å²) in [5.41, 5.74) is 0.867. The summed E-state index contributed by atoms with van der Waals surface area (Å²) in [6, 6.07) is 10.00. The molecule has 3 amide bonds. The predicted octanol–water partition coefficient (Wildman–Crippen LogP) is 6.88. The highest BCUT2D eigenvalue weighted by Crippen LogP contribution is 2.46. The summed E-state index contributed by atoms with van der Waals surface area (Å²) < 4.78 is 1.48. The average Bonchev–Trinajstić information content (AvgIpc) is 3.16. The van der Waals surface area contributed by atoms with E-state index in [1.807, 2.05) is 6.92 Å². The van der Waals surface area contributed by atoms with Gasteiger partial charge in [0.2, 0.25) is 0 Å². The number of aryl methyl sites for hydroxylation is 1. The molecule has 13 heteroatoms. The molecule has 0 unspecified atom stereocenters. The number of halogens is 4. The van der Waals surface area contributed by atoms with Gasteiger partial charge < -0.3 is 0 Å². The first-order chi connectivity index (χ1) is 17.9. The lowest BCUT2D eigenvalue weighted by Gasteiger charge is -2.34. The Labute approximate surface area is 249 Å². The SMILES string of the molecule is Cc1ccc(C(=O)[C@@H](C)N(C(=O)c2ccc([N+](=O)[O-])cc2)N2C(=O)c3c(Br)c(Br)c(Br)c(Br)c3C2=O)cc1. The van der Waals surface area contributed by atoms with Crippen molar-refractivity contribution in [2.24, 2.45) is 0 Å². The number of nitro groups is 1. The van der Waals surface area contributed by atoms with E-state index in [4.69, 9.17) is 0 Å². The Morgan fingerprint density at radius 3 is 1.71 bits per heavy atom. The first-order valence-electron chi connectivity index (χ1n) is 10.8. The largest absolute Gasteiger partial charge is 0.292 e. The zero-order valence-corrected chi connectivity index (χ0v) is 25.8. The van der Waals surface area contributed by atoms with Gasteiger partial charge in [0.05, 0.1) is 16.1 Å². The molecule has 1 heterocycles. The Morgan fingerprint density at radius 1 is 0.816 bits per heavy atom. The number of hydrazine groups is 1. The number of hydrogen-bond donors (Lipinski definition) is 0. The van der Waals surface area contributed by atoms with Crippen LogP contribution in [0.1, 0.15) is 53.9 Å². The number of ketones is 1. The van der Waals surface area contributed by atoms with Crippen LogP contribution in [-0.4, -0.2) is 44.5 Å². The van der Waals surface area contributed by atoms with Crippen LogP contribution >= 0.6 is 63.7 Å². The smallest absolute Gasteiger partial charge is 0.282 e. The summed E-state index contributed by atoms with van der Waals surface area (Å²) in [5, 5.41) is 12.5. The van der Waals surface area contributed by atoms with Gasteiger partial charge in [-0.1, -0.05) is 29.8 Å². The van der Waals surface area contributed by atoms with Crippen molar-refractivity contribution in [1.82, 2.24) is 10.0 Å². The number of carbonyl (C=O) groups excluding carboxylic acids is 4. The highest BCUT2D eigenvalue weighted by molar-refractivity contribution is 9.15. The quantitative estimate of drug-likeness (QED) is 0.0674. The van der Waals surface area contributed by atoms with E-state index in [0.717, 1.165) is 22.7 Å². The maximum atomic E-state index is 13.8. The molecular weight excluding hydrogens is 758 g/mol. The van der Waals surface area contributed by atoms with E-state index in [2.05, 4.69) is 63.7 Å². The van der Waals surface area contributed by atoms with Gasteiger partial charge in [0.15, 0.2) is 5.78 Å². The van der Waals surface area contributed by atoms with Gasteiger partial charge in [-0.15, -0.1) is 0 Å². The standard InChI is InChI=1S/C25H15Br4N3O6/c1-11-3-5-13(6-4-11)22(33)12(2)30(23(34)14-7-9-15(10-8-14)32(37)38)31-24(35)16-17(25(31)36)19(27)21(29)20(28)18(16)26/h3-10,12H,1-2H3/t12-/m1/s1. The molecule has 0 saturated carbocycles. The second-order valence-corrected chi connectivity index (χ2v) is 11.5. The molecule has 38 heavy (non-hydrogen) atoms. The van der Waals surface area contributed by atoms with Crippen molar-refractivity contribution >= 4 is 92.9 Å². The minimum absolute atomic E-state index is 0.00608. The van der Waals surface area contributed by atoms with Crippen molar-refractivity contribution in [3.05, 3.63) is 104 Å². The highest BCUT2D eigenvalue weighted by atomic mass is 79.9. The molecule has 9 nitrogen and oxygen atoms in total. The van der Waals surface area contributed by atoms with Crippen LogP contribution in [0.2, 0.25) is 0 Å². The zero-order valence-electron chi connectivity index (χ0n) is 19.5. The third-order valence-corrected chi connectivity index (χ3v) is 10.7. The number of carbonyl (C=O) groups is 4. The fraction of sp³-hybridized carbons (Fsp3) is 0.120. The Morgan fingerprint density at radius 2 is 1.26 bits per heavy atom. The van der Waals surface area contributed by atoms with Gasteiger partial charge >= 0.3 is 0 Å². The Kier molecular flexibility index (Phi) is 8.03. The summed E-state index contributed by atoms with van der Waals surface area (Å²) in [5.74, 6) is -3.04. The average molecular weight is 773 g/mol. The molecule has 1 atom stereocenters. The summed E-state index contributed by atoms with van der Waals surface area (Å²) in [7, 11) is 0. The van der Waals surface area contributed by atoms with Crippen LogP contribution in [0.15, 0.2) is 66.4 Å². The van der Waals surface area contributed by atoms with Crippen LogP contribution in [0, 0.1) is 17.0 Å². The van der Waals surface area contributed by atoms with Gasteiger partial charge in [-0.25, -0.2) is 5.01 Å². The van der Waals surface area contributed by atoms with Gasteiger partial charge in [-0.3, -0.25) is 29.3 Å². The number of amides is 3. The van der Waals surface area contributed by atoms with E-state index in [1.165, 1.54) is 19.1 Å². The monoisotopic (exact) mass is 769 g/mol. The molecule has 1 aliphatic heterocycles. The molecule has 3 aromatic rings. The highest BCUT2D eigenvalue weighted by Gasteiger charge is 2.48. The van der Waals surface area contributed by atoms with E-state index in [1.54, 1.807) is 24.3 Å². The van der Waals surface area contributed by atoms with Crippen LogP contribution in [0.4, 0.5) is 5.69 Å². The molecule has 0 aliphatic carbocycles. The van der Waals surface area contributed by atoms with Crippen LogP contribution in [0.3, 0.4) is 0 Å². The molecule has 3 aromatic carbocycles. The number of nitro benzene ring substituents is 1. The number of fused-ring (bicyclic) bond motifs is 1. The molecule has 0 spiro atoms. The molecule has 0 N–H and O–H groups in total. The number of nitrogens with zero attached hydrogens (tertiary/aromatic N) is 3. The molecule has 0 aromatic heterocycles. The Hall–Kier alpha value is -2.74. The summed E-state index contributed by atoms with van der Waals surface area (Å²) in [4.78, 5) is 65.2. The van der Waals surface area contributed by atoms with Crippen molar-refractivity contribution in [2.45, 2.75) is 19.9 Å². The van der Waals surface area contributed by atoms with Crippen LogP contribution in [-0.2, 0) is 0 Å². The maximum absolute atomic E-state index is 13.8. The molecule has 194 valence electrons. The number of Topliss-reactive ketones (excluding diaryl/α,β-unsaturated/α-hetero) is 1. The number of non-ortho nitro benzene ring substituents is 1. The lowest BCUT2D eigenvalue weighted by Crippen LogP contribution is -2.56. The predicted molar refractivity (Wildman–Crippen MR) is 152 cm³/mol. The summed E-state index contributed by atoms with van der Waals surface area (Å²) in [6.07, 6.45) is 0. The molecule has 0 saturated heterocycles. The number of benzene rings is 3. The second-order valence-electron chi connectivity index (χ2n) is 8.29. The van der Waals surface area contributed by atoms with Crippen molar-refractivity contribution in [3.8, 4) is 0 Å². The van der Waals surface area contributed by atoms with E-state index in [9.17, 15) is 29.3 Å².